The number of anilines is 1. The fourth-order valence-corrected chi connectivity index (χ4v) is 3.48. The zero-order valence-corrected chi connectivity index (χ0v) is 19.0. The van der Waals surface area contributed by atoms with Gasteiger partial charge in [0.1, 0.15) is 11.0 Å². The van der Waals surface area contributed by atoms with E-state index in [-0.39, 0.29) is 17.5 Å². The van der Waals surface area contributed by atoms with Gasteiger partial charge in [-0.3, -0.25) is 4.79 Å². The maximum absolute atomic E-state index is 14.0. The SMILES string of the molecule is CC.COCCN(C)CCNC(=O)c1cc2ncnc(Oc3ccc(N)cc3F)c2s1. The number of hydrogen-bond donors (Lipinski definition) is 2. The number of benzene rings is 1. The molecule has 3 aromatic rings. The van der Waals surface area contributed by atoms with E-state index in [0.29, 0.717) is 40.5 Å². The quantitative estimate of drug-likeness (QED) is 0.482. The van der Waals surface area contributed by atoms with Gasteiger partial charge in [-0.05, 0) is 25.2 Å². The molecule has 31 heavy (non-hydrogen) atoms. The summed E-state index contributed by atoms with van der Waals surface area (Å²) in [5.41, 5.74) is 6.41. The van der Waals surface area contributed by atoms with Crippen molar-refractivity contribution in [1.29, 1.82) is 0 Å². The van der Waals surface area contributed by atoms with Crippen LogP contribution in [0.15, 0.2) is 30.6 Å². The minimum absolute atomic E-state index is 0.00213. The number of aromatic nitrogens is 2. The third-order valence-corrected chi connectivity index (χ3v) is 5.23. The van der Waals surface area contributed by atoms with Crippen LogP contribution in [0.25, 0.3) is 10.2 Å². The summed E-state index contributed by atoms with van der Waals surface area (Å²) in [5.74, 6) is -0.624. The highest BCUT2D eigenvalue weighted by Crippen LogP contribution is 2.34. The minimum atomic E-state index is -0.594. The number of ether oxygens (including phenoxy) is 2. The molecule has 0 aliphatic carbocycles. The average molecular weight is 450 g/mol. The molecule has 0 fully saturated rings. The van der Waals surface area contributed by atoms with Gasteiger partial charge in [-0.15, -0.1) is 11.3 Å². The molecule has 0 saturated heterocycles. The predicted molar refractivity (Wildman–Crippen MR) is 121 cm³/mol. The zero-order chi connectivity index (χ0) is 22.8. The Labute approximate surface area is 185 Å². The van der Waals surface area contributed by atoms with Crippen molar-refractivity contribution in [1.82, 2.24) is 20.2 Å². The first kappa shape index (κ1) is 24.4. The summed E-state index contributed by atoms with van der Waals surface area (Å²) in [5, 5.41) is 2.88. The number of fused-ring (bicyclic) bond motifs is 1. The molecule has 0 aliphatic heterocycles. The van der Waals surface area contributed by atoms with Crippen LogP contribution < -0.4 is 15.8 Å². The smallest absolute Gasteiger partial charge is 0.261 e. The summed E-state index contributed by atoms with van der Waals surface area (Å²) >= 11 is 1.19. The fourth-order valence-electron chi connectivity index (χ4n) is 2.53. The van der Waals surface area contributed by atoms with Crippen LogP contribution in [0.1, 0.15) is 23.5 Å². The molecular formula is C21H28FN5O3S. The lowest BCUT2D eigenvalue weighted by molar-refractivity contribution is 0.0951. The van der Waals surface area contributed by atoms with Crippen LogP contribution in [0.4, 0.5) is 10.1 Å². The summed E-state index contributed by atoms with van der Waals surface area (Å²) in [7, 11) is 3.61. The second-order valence-corrected chi connectivity index (χ2v) is 7.40. The number of nitrogens with zero attached hydrogens (tertiary/aromatic N) is 3. The van der Waals surface area contributed by atoms with Crippen molar-refractivity contribution >= 4 is 33.1 Å². The van der Waals surface area contributed by atoms with Crippen molar-refractivity contribution in [2.24, 2.45) is 0 Å². The van der Waals surface area contributed by atoms with Gasteiger partial charge in [0.15, 0.2) is 11.6 Å². The molecular weight excluding hydrogens is 421 g/mol. The second kappa shape index (κ2) is 12.1. The highest BCUT2D eigenvalue weighted by molar-refractivity contribution is 7.21. The van der Waals surface area contributed by atoms with E-state index in [4.69, 9.17) is 15.2 Å². The molecule has 0 spiro atoms. The molecule has 0 radical (unpaired) electrons. The van der Waals surface area contributed by atoms with Crippen LogP contribution in [-0.2, 0) is 4.74 Å². The van der Waals surface area contributed by atoms with Crippen LogP contribution in [0.3, 0.4) is 0 Å². The van der Waals surface area contributed by atoms with Gasteiger partial charge >= 0.3 is 0 Å². The highest BCUT2D eigenvalue weighted by atomic mass is 32.1. The van der Waals surface area contributed by atoms with E-state index in [2.05, 4.69) is 20.2 Å². The molecule has 8 nitrogen and oxygen atoms in total. The Morgan fingerprint density at radius 2 is 2.03 bits per heavy atom. The zero-order valence-electron chi connectivity index (χ0n) is 18.1. The summed E-state index contributed by atoms with van der Waals surface area (Å²) in [6.07, 6.45) is 1.31. The van der Waals surface area contributed by atoms with Crippen molar-refractivity contribution in [2.75, 3.05) is 46.1 Å². The van der Waals surface area contributed by atoms with E-state index in [9.17, 15) is 9.18 Å². The van der Waals surface area contributed by atoms with Gasteiger partial charge in [0.2, 0.25) is 5.88 Å². The maximum Gasteiger partial charge on any atom is 0.261 e. The van der Waals surface area contributed by atoms with Crippen LogP contribution in [0, 0.1) is 5.82 Å². The molecule has 1 amide bonds. The number of amides is 1. The highest BCUT2D eigenvalue weighted by Gasteiger charge is 2.16. The molecule has 2 heterocycles. The van der Waals surface area contributed by atoms with Crippen LogP contribution in [-0.4, -0.2) is 61.2 Å². The topological polar surface area (TPSA) is 103 Å². The number of nitrogens with one attached hydrogen (secondary N) is 1. The molecule has 0 saturated carbocycles. The molecule has 3 rings (SSSR count). The first-order valence-corrected chi connectivity index (χ1v) is 10.7. The van der Waals surface area contributed by atoms with Crippen molar-refractivity contribution in [2.45, 2.75) is 13.8 Å². The lowest BCUT2D eigenvalue weighted by atomic mass is 10.3. The van der Waals surface area contributed by atoms with Gasteiger partial charge < -0.3 is 25.4 Å². The predicted octanol–water partition coefficient (Wildman–Crippen LogP) is 3.54. The second-order valence-electron chi connectivity index (χ2n) is 6.35. The Kier molecular flexibility index (Phi) is 9.57. The Morgan fingerprint density at radius 1 is 1.26 bits per heavy atom. The molecule has 3 N–H and O–H groups in total. The first-order chi connectivity index (χ1) is 15.0. The van der Waals surface area contributed by atoms with E-state index in [0.717, 1.165) is 6.54 Å². The van der Waals surface area contributed by atoms with E-state index >= 15 is 0 Å². The number of nitrogen functional groups attached to an aromatic ring is 1. The van der Waals surface area contributed by atoms with Gasteiger partial charge in [-0.25, -0.2) is 14.4 Å². The number of thiophene rings is 1. The Hall–Kier alpha value is -2.82. The lowest BCUT2D eigenvalue weighted by Crippen LogP contribution is -2.34. The van der Waals surface area contributed by atoms with Gasteiger partial charge in [-0.1, -0.05) is 13.8 Å². The summed E-state index contributed by atoms with van der Waals surface area (Å²) in [4.78, 5) is 23.3. The van der Waals surface area contributed by atoms with E-state index in [1.54, 1.807) is 13.2 Å². The summed E-state index contributed by atoms with van der Waals surface area (Å²) in [6, 6.07) is 5.80. The minimum Gasteiger partial charge on any atom is -0.434 e. The largest absolute Gasteiger partial charge is 0.434 e. The summed E-state index contributed by atoms with van der Waals surface area (Å²) < 4.78 is 25.2. The lowest BCUT2D eigenvalue weighted by Gasteiger charge is -2.15. The molecule has 0 atom stereocenters. The monoisotopic (exact) mass is 449 g/mol. The molecule has 0 unspecified atom stereocenters. The molecule has 0 aliphatic rings. The number of carbonyl (C=O) groups excluding carboxylic acids is 1. The van der Waals surface area contributed by atoms with Crippen LogP contribution in [0.5, 0.6) is 11.6 Å². The van der Waals surface area contributed by atoms with Crippen LogP contribution in [0.2, 0.25) is 0 Å². The average Bonchev–Trinajstić information content (AvgIpc) is 3.21. The standard InChI is InChI=1S/C19H22FN5O3S.C2H6/c1-25(7-8-27-2)6-5-22-18(26)16-10-14-17(29-16)19(24-11-23-14)28-15-4-3-12(21)9-13(15)20;1-2/h3-4,9-11H,5-8,21H2,1-2H3,(H,22,26);1-2H3. The van der Waals surface area contributed by atoms with Gasteiger partial charge in [0.25, 0.3) is 5.91 Å². The number of nitrogens with two attached hydrogens (primary N) is 1. The molecule has 2 aromatic heterocycles. The Morgan fingerprint density at radius 3 is 2.74 bits per heavy atom. The van der Waals surface area contributed by atoms with Gasteiger partial charge in [0.05, 0.1) is 17.0 Å². The van der Waals surface area contributed by atoms with E-state index in [1.807, 2.05) is 20.9 Å². The number of likely N-dealkylation sites (N-methyl/N-ethyl adjacent to an activating group) is 1. The number of methoxy groups -OCH3 is 1. The van der Waals surface area contributed by atoms with Crippen molar-refractivity contribution in [3.8, 4) is 11.6 Å². The molecule has 10 heteroatoms. The van der Waals surface area contributed by atoms with Gasteiger partial charge in [-0.2, -0.15) is 0 Å². The Bertz CT molecular complexity index is 998. The molecule has 0 bridgehead atoms. The third kappa shape index (κ3) is 6.84. The normalized spacial score (nSPS) is 10.6. The number of halogens is 1. The maximum atomic E-state index is 14.0. The number of hydrogen-bond acceptors (Lipinski definition) is 8. The summed E-state index contributed by atoms with van der Waals surface area (Å²) in [6.45, 7) is 6.62. The molecule has 1 aromatic carbocycles. The third-order valence-electron chi connectivity index (χ3n) is 4.12. The van der Waals surface area contributed by atoms with E-state index < -0.39 is 5.82 Å². The van der Waals surface area contributed by atoms with Gasteiger partial charge in [0, 0.05) is 38.5 Å². The van der Waals surface area contributed by atoms with Crippen LogP contribution >= 0.6 is 11.3 Å². The van der Waals surface area contributed by atoms with Crippen molar-refractivity contribution < 1.29 is 18.7 Å². The molecule has 168 valence electrons. The van der Waals surface area contributed by atoms with Crippen molar-refractivity contribution in [3.63, 3.8) is 0 Å². The van der Waals surface area contributed by atoms with E-state index in [1.165, 1.54) is 35.9 Å². The fraction of sp³-hybridized carbons (Fsp3) is 0.381. The Balaban J connectivity index is 0.00000166. The van der Waals surface area contributed by atoms with Crippen molar-refractivity contribution in [3.05, 3.63) is 41.3 Å². The number of carbonyl (C=O) groups is 1. The first-order valence-electron chi connectivity index (χ1n) is 9.91. The number of rotatable bonds is 9.